The topological polar surface area (TPSA) is 75.6 Å². The van der Waals surface area contributed by atoms with E-state index in [2.05, 4.69) is 29.1 Å². The van der Waals surface area contributed by atoms with Crippen LogP contribution in [0.2, 0.25) is 0 Å². The van der Waals surface area contributed by atoms with Crippen molar-refractivity contribution in [3.8, 4) is 11.5 Å². The van der Waals surface area contributed by atoms with Crippen LogP contribution in [0.5, 0.6) is 0 Å². The Morgan fingerprint density at radius 2 is 2.08 bits per heavy atom. The molecule has 3 aromatic rings. The lowest BCUT2D eigenvalue weighted by Crippen LogP contribution is -2.44. The van der Waals surface area contributed by atoms with Crippen molar-refractivity contribution in [3.05, 3.63) is 35.7 Å². The van der Waals surface area contributed by atoms with Gasteiger partial charge in [0.2, 0.25) is 0 Å². The van der Waals surface area contributed by atoms with Gasteiger partial charge in [0.05, 0.1) is 22.9 Å². The summed E-state index contributed by atoms with van der Waals surface area (Å²) in [5.41, 5.74) is 2.18. The molecule has 136 valence electrons. The Hall–Kier alpha value is -2.67. The molecule has 0 aromatic carbocycles. The highest BCUT2D eigenvalue weighted by Gasteiger charge is 2.28. The normalized spacial score (nSPS) is 15.9. The molecule has 0 unspecified atom stereocenters. The molecule has 4 heterocycles. The second kappa shape index (κ2) is 6.57. The highest BCUT2D eigenvalue weighted by atomic mass is 16.5. The van der Waals surface area contributed by atoms with Crippen molar-refractivity contribution >= 4 is 17.0 Å². The number of aromatic nitrogens is 2. The lowest BCUT2D eigenvalue weighted by molar-refractivity contribution is 0.0665. The molecule has 0 radical (unpaired) electrons. The molecule has 0 aliphatic carbocycles. The predicted molar refractivity (Wildman–Crippen MR) is 96.9 cm³/mol. The van der Waals surface area contributed by atoms with E-state index < -0.39 is 0 Å². The number of rotatable bonds is 3. The zero-order valence-electron chi connectivity index (χ0n) is 15.2. The summed E-state index contributed by atoms with van der Waals surface area (Å²) in [5.74, 6) is 0.593. The summed E-state index contributed by atoms with van der Waals surface area (Å²) in [7, 11) is 4.18. The van der Waals surface area contributed by atoms with Gasteiger partial charge in [0, 0.05) is 19.1 Å². The van der Waals surface area contributed by atoms with Crippen LogP contribution < -0.4 is 0 Å². The quantitative estimate of drug-likeness (QED) is 0.720. The fourth-order valence-corrected chi connectivity index (χ4v) is 3.57. The number of hydrogen-bond acceptors (Lipinski definition) is 6. The third-order valence-corrected chi connectivity index (χ3v) is 5.10. The molecule has 4 rings (SSSR count). The first kappa shape index (κ1) is 16.8. The Bertz CT molecular complexity index is 922. The van der Waals surface area contributed by atoms with Crippen LogP contribution >= 0.6 is 0 Å². The first-order valence-corrected chi connectivity index (χ1v) is 8.81. The number of pyridine rings is 1. The number of hydrogen-bond donors (Lipinski definition) is 0. The molecule has 26 heavy (non-hydrogen) atoms. The fourth-order valence-electron chi connectivity index (χ4n) is 3.57. The van der Waals surface area contributed by atoms with Crippen LogP contribution in [0.3, 0.4) is 0 Å². The van der Waals surface area contributed by atoms with E-state index in [0.29, 0.717) is 39.9 Å². The molecule has 0 bridgehead atoms. The Kier molecular flexibility index (Phi) is 4.24. The summed E-state index contributed by atoms with van der Waals surface area (Å²) in [4.78, 5) is 21.8. The Balaban J connectivity index is 1.71. The molecule has 1 amide bonds. The fraction of sp³-hybridized carbons (Fsp3) is 0.421. The molecule has 1 aliphatic rings. The number of nitrogens with zero attached hydrogens (tertiary/aromatic N) is 4. The maximum atomic E-state index is 13.2. The number of likely N-dealkylation sites (tertiary alicyclic amines) is 1. The standard InChI is InChI=1S/C19H22N4O3/c1-12-17-14(19(24)23-8-6-13(7-9-23)22(2)3)11-15(16-5-4-10-25-16)20-18(17)26-21-12/h4-5,10-11,13H,6-9H2,1-3H3. The van der Waals surface area contributed by atoms with Crippen molar-refractivity contribution in [2.45, 2.75) is 25.8 Å². The summed E-state index contributed by atoms with van der Waals surface area (Å²) >= 11 is 0. The van der Waals surface area contributed by atoms with E-state index in [1.165, 1.54) is 0 Å². The van der Waals surface area contributed by atoms with Crippen molar-refractivity contribution < 1.29 is 13.7 Å². The SMILES string of the molecule is Cc1noc2nc(-c3ccco3)cc(C(=O)N3CCC(N(C)C)CC3)c12. The van der Waals surface area contributed by atoms with Crippen LogP contribution in [0, 0.1) is 6.92 Å². The molecule has 1 saturated heterocycles. The lowest BCUT2D eigenvalue weighted by Gasteiger charge is -2.35. The number of piperidine rings is 1. The predicted octanol–water partition coefficient (Wildman–Crippen LogP) is 2.96. The third-order valence-electron chi connectivity index (χ3n) is 5.10. The number of carbonyl (C=O) groups is 1. The highest BCUT2D eigenvalue weighted by molar-refractivity contribution is 6.06. The zero-order valence-corrected chi connectivity index (χ0v) is 15.2. The molecule has 3 aromatic heterocycles. The minimum absolute atomic E-state index is 0.00582. The van der Waals surface area contributed by atoms with E-state index in [9.17, 15) is 4.79 Å². The summed E-state index contributed by atoms with van der Waals surface area (Å²) in [6.07, 6.45) is 3.53. The number of furan rings is 1. The molecular weight excluding hydrogens is 332 g/mol. The molecule has 0 N–H and O–H groups in total. The van der Waals surface area contributed by atoms with Crippen LogP contribution in [0.4, 0.5) is 0 Å². The van der Waals surface area contributed by atoms with E-state index >= 15 is 0 Å². The van der Waals surface area contributed by atoms with E-state index in [1.807, 2.05) is 17.9 Å². The average molecular weight is 354 g/mol. The molecule has 7 nitrogen and oxygen atoms in total. The van der Waals surface area contributed by atoms with Crippen molar-refractivity contribution in [1.29, 1.82) is 0 Å². The van der Waals surface area contributed by atoms with Crippen molar-refractivity contribution in [2.75, 3.05) is 27.2 Å². The van der Waals surface area contributed by atoms with Crippen molar-refractivity contribution in [1.82, 2.24) is 19.9 Å². The zero-order chi connectivity index (χ0) is 18.3. The van der Waals surface area contributed by atoms with Gasteiger partial charge < -0.3 is 18.7 Å². The van der Waals surface area contributed by atoms with Gasteiger partial charge in [-0.15, -0.1) is 0 Å². The Labute approximate surface area is 151 Å². The van der Waals surface area contributed by atoms with Crippen LogP contribution in [0.15, 0.2) is 33.4 Å². The summed E-state index contributed by atoms with van der Waals surface area (Å²) in [6, 6.07) is 5.91. The van der Waals surface area contributed by atoms with Crippen LogP contribution in [0.25, 0.3) is 22.6 Å². The first-order valence-electron chi connectivity index (χ1n) is 8.81. The number of amides is 1. The van der Waals surface area contributed by atoms with Gasteiger partial charge in [-0.1, -0.05) is 5.16 Å². The number of aryl methyl sites for hydroxylation is 1. The molecule has 0 atom stereocenters. The second-order valence-corrected chi connectivity index (χ2v) is 6.97. The maximum absolute atomic E-state index is 13.2. The van der Waals surface area contributed by atoms with Gasteiger partial charge in [0.1, 0.15) is 5.69 Å². The maximum Gasteiger partial charge on any atom is 0.259 e. The number of fused-ring (bicyclic) bond motifs is 1. The summed E-state index contributed by atoms with van der Waals surface area (Å²) in [6.45, 7) is 3.31. The molecule has 1 aliphatic heterocycles. The van der Waals surface area contributed by atoms with Crippen LogP contribution in [-0.4, -0.2) is 59.1 Å². The van der Waals surface area contributed by atoms with Gasteiger partial charge in [-0.2, -0.15) is 0 Å². The van der Waals surface area contributed by atoms with E-state index in [1.54, 1.807) is 18.4 Å². The largest absolute Gasteiger partial charge is 0.463 e. The molecule has 0 saturated carbocycles. The minimum atomic E-state index is -0.00582. The second-order valence-electron chi connectivity index (χ2n) is 6.97. The minimum Gasteiger partial charge on any atom is -0.463 e. The molecular formula is C19H22N4O3. The molecule has 7 heteroatoms. The van der Waals surface area contributed by atoms with E-state index in [-0.39, 0.29) is 5.91 Å². The van der Waals surface area contributed by atoms with Gasteiger partial charge in [-0.25, -0.2) is 4.98 Å². The summed E-state index contributed by atoms with van der Waals surface area (Å²) < 4.78 is 10.8. The smallest absolute Gasteiger partial charge is 0.259 e. The van der Waals surface area contributed by atoms with Gasteiger partial charge in [-0.3, -0.25) is 4.79 Å². The average Bonchev–Trinajstić information content (AvgIpc) is 3.31. The van der Waals surface area contributed by atoms with E-state index in [4.69, 9.17) is 8.94 Å². The van der Waals surface area contributed by atoms with Crippen LogP contribution in [-0.2, 0) is 0 Å². The van der Waals surface area contributed by atoms with Gasteiger partial charge in [0.25, 0.3) is 11.6 Å². The lowest BCUT2D eigenvalue weighted by atomic mass is 10.0. The highest BCUT2D eigenvalue weighted by Crippen LogP contribution is 2.29. The number of carbonyl (C=O) groups excluding carboxylic acids is 1. The van der Waals surface area contributed by atoms with Gasteiger partial charge in [0.15, 0.2) is 5.76 Å². The Morgan fingerprint density at radius 1 is 1.31 bits per heavy atom. The molecule has 1 fully saturated rings. The monoisotopic (exact) mass is 354 g/mol. The van der Waals surface area contributed by atoms with Crippen LogP contribution in [0.1, 0.15) is 28.9 Å². The first-order chi connectivity index (χ1) is 12.5. The third kappa shape index (κ3) is 2.88. The van der Waals surface area contributed by atoms with Crippen molar-refractivity contribution in [2.24, 2.45) is 0 Å². The van der Waals surface area contributed by atoms with Gasteiger partial charge >= 0.3 is 0 Å². The molecule has 0 spiro atoms. The Morgan fingerprint density at radius 3 is 2.73 bits per heavy atom. The summed E-state index contributed by atoms with van der Waals surface area (Å²) in [5, 5.41) is 4.68. The van der Waals surface area contributed by atoms with Crippen molar-refractivity contribution in [3.63, 3.8) is 0 Å². The van der Waals surface area contributed by atoms with Gasteiger partial charge in [-0.05, 0) is 52.1 Å². The van der Waals surface area contributed by atoms with E-state index in [0.717, 1.165) is 25.9 Å².